The van der Waals surface area contributed by atoms with Gasteiger partial charge in [0.15, 0.2) is 5.96 Å². The summed E-state index contributed by atoms with van der Waals surface area (Å²) in [6.45, 7) is 6.63. The van der Waals surface area contributed by atoms with Gasteiger partial charge in [-0.05, 0) is 44.6 Å². The van der Waals surface area contributed by atoms with E-state index >= 15 is 0 Å². The quantitative estimate of drug-likeness (QED) is 0.334. The Kier molecular flexibility index (Phi) is 10.0. The minimum Gasteiger partial charge on any atom is -0.350 e. The van der Waals surface area contributed by atoms with E-state index in [1.165, 1.54) is 10.4 Å². The summed E-state index contributed by atoms with van der Waals surface area (Å²) in [4.78, 5) is 24.5. The van der Waals surface area contributed by atoms with Gasteiger partial charge in [0, 0.05) is 25.0 Å². The molecule has 0 atom stereocenters. The first kappa shape index (κ1) is 24.6. The normalized spacial score (nSPS) is 14.9. The summed E-state index contributed by atoms with van der Waals surface area (Å²) in [7, 11) is 1.72. The Morgan fingerprint density at radius 1 is 1.20 bits per heavy atom. The molecule has 1 aliphatic heterocycles. The zero-order valence-corrected chi connectivity index (χ0v) is 21.1. The van der Waals surface area contributed by atoms with E-state index in [-0.39, 0.29) is 36.4 Å². The fourth-order valence-corrected chi connectivity index (χ4v) is 4.47. The second-order valence-corrected chi connectivity index (χ2v) is 8.83. The first-order valence-corrected chi connectivity index (χ1v) is 11.1. The summed E-state index contributed by atoms with van der Waals surface area (Å²) in [6.07, 6.45) is 3.24. The number of aryl methyl sites for hydroxylation is 2. The smallest absolute Gasteiger partial charge is 0.241 e. The van der Waals surface area contributed by atoms with Crippen molar-refractivity contribution in [3.8, 4) is 0 Å². The summed E-state index contributed by atoms with van der Waals surface area (Å²) in [5.41, 5.74) is 2.46. The van der Waals surface area contributed by atoms with E-state index in [2.05, 4.69) is 57.9 Å². The number of rotatable bonds is 6. The number of guanidine groups is 1. The summed E-state index contributed by atoms with van der Waals surface area (Å²) in [5.74, 6) is 1.42. The summed E-state index contributed by atoms with van der Waals surface area (Å²) >= 11 is 1.68. The van der Waals surface area contributed by atoms with Crippen LogP contribution in [0.1, 0.15) is 34.0 Å². The molecule has 0 radical (unpaired) electrons. The molecular weight excluding hydrogens is 509 g/mol. The number of amides is 1. The molecule has 1 aromatic heterocycles. The Balaban J connectivity index is 0.00000320. The van der Waals surface area contributed by atoms with Crippen LogP contribution in [0.15, 0.2) is 35.3 Å². The van der Waals surface area contributed by atoms with Crippen LogP contribution < -0.4 is 10.6 Å². The highest BCUT2D eigenvalue weighted by Crippen LogP contribution is 2.21. The van der Waals surface area contributed by atoms with Crippen LogP contribution in [0.2, 0.25) is 0 Å². The molecule has 2 N–H and O–H groups in total. The molecule has 0 bridgehead atoms. The monoisotopic (exact) mass is 541 g/mol. The van der Waals surface area contributed by atoms with Gasteiger partial charge in [-0.25, -0.2) is 4.98 Å². The minimum atomic E-state index is 0. The second-order valence-electron chi connectivity index (χ2n) is 7.54. The van der Waals surface area contributed by atoms with Gasteiger partial charge in [0.05, 0.1) is 18.8 Å². The first-order chi connectivity index (χ1) is 14.0. The zero-order valence-electron chi connectivity index (χ0n) is 18.0. The molecule has 0 aliphatic carbocycles. The third kappa shape index (κ3) is 7.23. The van der Waals surface area contributed by atoms with Crippen LogP contribution in [-0.4, -0.2) is 48.4 Å². The number of hydrogen-bond donors (Lipinski definition) is 2. The molecule has 0 unspecified atom stereocenters. The van der Waals surface area contributed by atoms with E-state index in [0.29, 0.717) is 18.4 Å². The lowest BCUT2D eigenvalue weighted by Crippen LogP contribution is -2.46. The van der Waals surface area contributed by atoms with Crippen LogP contribution in [0.5, 0.6) is 0 Å². The van der Waals surface area contributed by atoms with Gasteiger partial charge >= 0.3 is 0 Å². The van der Waals surface area contributed by atoms with Crippen LogP contribution >= 0.6 is 35.3 Å². The Hall–Kier alpha value is -1.68. The maximum Gasteiger partial charge on any atom is 0.241 e. The van der Waals surface area contributed by atoms with Gasteiger partial charge in [-0.3, -0.25) is 9.79 Å². The molecule has 6 nitrogen and oxygen atoms in total. The van der Waals surface area contributed by atoms with Gasteiger partial charge in [0.25, 0.3) is 0 Å². The predicted molar refractivity (Wildman–Crippen MR) is 135 cm³/mol. The maximum absolute atomic E-state index is 12.6. The molecular formula is C22H32IN5OS. The molecule has 0 spiro atoms. The summed E-state index contributed by atoms with van der Waals surface area (Å²) in [6, 6.07) is 10.6. The molecule has 30 heavy (non-hydrogen) atoms. The number of carbonyl (C=O) groups excluding carboxylic acids is 1. The van der Waals surface area contributed by atoms with Crippen molar-refractivity contribution in [2.45, 2.75) is 39.7 Å². The lowest BCUT2D eigenvalue weighted by Gasteiger charge is -2.32. The van der Waals surface area contributed by atoms with E-state index in [0.717, 1.165) is 43.1 Å². The van der Waals surface area contributed by atoms with Gasteiger partial charge in [0.2, 0.25) is 5.91 Å². The van der Waals surface area contributed by atoms with Crippen LogP contribution in [0.25, 0.3) is 0 Å². The van der Waals surface area contributed by atoms with Gasteiger partial charge in [-0.15, -0.1) is 35.3 Å². The van der Waals surface area contributed by atoms with E-state index < -0.39 is 0 Å². The lowest BCUT2D eigenvalue weighted by atomic mass is 9.90. The molecule has 1 fully saturated rings. The number of halogens is 1. The molecule has 1 saturated heterocycles. The number of nitrogens with zero attached hydrogens (tertiary/aromatic N) is 3. The van der Waals surface area contributed by atoms with Crippen molar-refractivity contribution in [2.75, 3.05) is 26.7 Å². The van der Waals surface area contributed by atoms with E-state index in [1.54, 1.807) is 18.4 Å². The first-order valence-electron chi connectivity index (χ1n) is 10.2. The zero-order chi connectivity index (χ0) is 20.6. The highest BCUT2D eigenvalue weighted by Gasteiger charge is 2.22. The molecule has 3 rings (SSSR count). The number of carbonyl (C=O) groups is 1. The molecule has 1 amide bonds. The molecule has 0 saturated carbocycles. The van der Waals surface area contributed by atoms with E-state index in [4.69, 9.17) is 0 Å². The van der Waals surface area contributed by atoms with E-state index in [9.17, 15) is 4.79 Å². The largest absolute Gasteiger partial charge is 0.350 e. The van der Waals surface area contributed by atoms with Crippen LogP contribution in [-0.2, 0) is 17.8 Å². The number of piperidine rings is 1. The molecule has 8 heteroatoms. The standard InChI is InChI=1S/C22H31N5OS.HI/c1-16-17(2)29-20(26-16)14-24-22(23-3)25-15-21(28)27-11-9-19(10-12-27)13-18-7-5-4-6-8-18;/h4-8,19H,9-15H2,1-3H3,(H2,23,24,25);1H. The number of aliphatic imine (C=N–C) groups is 1. The van der Waals surface area contributed by atoms with Crippen LogP contribution in [0.4, 0.5) is 0 Å². The number of nitrogens with one attached hydrogen (secondary N) is 2. The number of aromatic nitrogens is 1. The Morgan fingerprint density at radius 3 is 2.50 bits per heavy atom. The number of thiazole rings is 1. The van der Waals surface area contributed by atoms with Crippen molar-refractivity contribution in [1.82, 2.24) is 20.5 Å². The van der Waals surface area contributed by atoms with E-state index in [1.807, 2.05) is 11.8 Å². The van der Waals surface area contributed by atoms with Gasteiger partial charge in [-0.2, -0.15) is 0 Å². The molecule has 1 aromatic carbocycles. The van der Waals surface area contributed by atoms with Crippen molar-refractivity contribution < 1.29 is 4.79 Å². The summed E-state index contributed by atoms with van der Waals surface area (Å²) in [5, 5.41) is 7.39. The van der Waals surface area contributed by atoms with Crippen molar-refractivity contribution >= 4 is 47.2 Å². The van der Waals surface area contributed by atoms with Crippen molar-refractivity contribution in [3.63, 3.8) is 0 Å². The predicted octanol–water partition coefficient (Wildman–Crippen LogP) is 3.52. The Bertz CT molecular complexity index is 812. The van der Waals surface area contributed by atoms with Crippen LogP contribution in [0.3, 0.4) is 0 Å². The Labute approximate surface area is 200 Å². The van der Waals surface area contributed by atoms with Crippen molar-refractivity contribution in [1.29, 1.82) is 0 Å². The third-order valence-corrected chi connectivity index (χ3v) is 6.52. The van der Waals surface area contributed by atoms with Gasteiger partial charge < -0.3 is 15.5 Å². The van der Waals surface area contributed by atoms with Crippen molar-refractivity contribution in [2.24, 2.45) is 10.9 Å². The molecule has 1 aliphatic rings. The van der Waals surface area contributed by atoms with Gasteiger partial charge in [-0.1, -0.05) is 30.3 Å². The number of hydrogen-bond acceptors (Lipinski definition) is 4. The SMILES string of the molecule is CN=C(NCC(=O)N1CCC(Cc2ccccc2)CC1)NCc1nc(C)c(C)s1.I. The molecule has 2 aromatic rings. The van der Waals surface area contributed by atoms with Gasteiger partial charge in [0.1, 0.15) is 5.01 Å². The minimum absolute atomic E-state index is 0. The number of likely N-dealkylation sites (tertiary alicyclic amines) is 1. The van der Waals surface area contributed by atoms with Crippen molar-refractivity contribution in [3.05, 3.63) is 51.5 Å². The number of benzene rings is 1. The molecule has 2 heterocycles. The fraction of sp³-hybridized carbons (Fsp3) is 0.500. The topological polar surface area (TPSA) is 69.6 Å². The average Bonchev–Trinajstić information content (AvgIpc) is 3.06. The molecule has 164 valence electrons. The Morgan fingerprint density at radius 2 is 1.90 bits per heavy atom. The second kappa shape index (κ2) is 12.2. The fourth-order valence-electron chi connectivity index (χ4n) is 3.60. The van der Waals surface area contributed by atoms with Crippen LogP contribution in [0, 0.1) is 19.8 Å². The highest BCUT2D eigenvalue weighted by molar-refractivity contribution is 14.0. The maximum atomic E-state index is 12.6. The average molecular weight is 542 g/mol. The lowest BCUT2D eigenvalue weighted by molar-refractivity contribution is -0.131. The summed E-state index contributed by atoms with van der Waals surface area (Å²) < 4.78 is 0. The third-order valence-electron chi connectivity index (χ3n) is 5.44. The highest BCUT2D eigenvalue weighted by atomic mass is 127.